The largest absolute Gasteiger partial charge is 0.395 e. The summed E-state index contributed by atoms with van der Waals surface area (Å²) in [7, 11) is -7.09. The lowest BCUT2D eigenvalue weighted by molar-refractivity contribution is 0.133. The van der Waals surface area contributed by atoms with Crippen LogP contribution in [0.1, 0.15) is 24.0 Å². The summed E-state index contributed by atoms with van der Waals surface area (Å²) >= 11 is 0. The van der Waals surface area contributed by atoms with Crippen LogP contribution in [-0.4, -0.2) is 89.5 Å². The molecule has 2 aliphatic rings. The van der Waals surface area contributed by atoms with Crippen molar-refractivity contribution >= 4 is 48.4 Å². The van der Waals surface area contributed by atoms with Crippen LogP contribution < -0.4 is 9.44 Å². The summed E-state index contributed by atoms with van der Waals surface area (Å²) in [6, 6.07) is 20.0. The van der Waals surface area contributed by atoms with Crippen LogP contribution in [0.25, 0.3) is 16.0 Å². The van der Waals surface area contributed by atoms with E-state index in [1.54, 1.807) is 12.2 Å². The fourth-order valence-electron chi connectivity index (χ4n) is 6.63. The number of rotatable bonds is 15. The molecule has 0 unspecified atom stereocenters. The lowest BCUT2D eigenvalue weighted by Crippen LogP contribution is -2.46. The van der Waals surface area contributed by atoms with Gasteiger partial charge >= 0.3 is 0 Å². The summed E-state index contributed by atoms with van der Waals surface area (Å²) in [6.45, 7) is 10.9. The molecule has 2 aromatic carbocycles. The Balaban J connectivity index is 1.77. The van der Waals surface area contributed by atoms with Gasteiger partial charge in [0, 0.05) is 60.9 Å². The number of sulfonamides is 2. The molecule has 17 heteroatoms. The third kappa shape index (κ3) is 12.4. The fourth-order valence-corrected chi connectivity index (χ4v) is 7.76. The highest BCUT2D eigenvalue weighted by Gasteiger charge is 2.26. The van der Waals surface area contributed by atoms with Crippen molar-refractivity contribution in [2.45, 2.75) is 12.8 Å². The van der Waals surface area contributed by atoms with Crippen molar-refractivity contribution in [3.8, 4) is 24.3 Å². The first-order chi connectivity index (χ1) is 28.7. The lowest BCUT2D eigenvalue weighted by atomic mass is 9.94. The van der Waals surface area contributed by atoms with Crippen LogP contribution in [0.2, 0.25) is 0 Å². The highest BCUT2D eigenvalue weighted by atomic mass is 32.2. The van der Waals surface area contributed by atoms with Crippen molar-refractivity contribution in [3.63, 3.8) is 0 Å². The van der Waals surface area contributed by atoms with Crippen molar-refractivity contribution in [1.29, 1.82) is 26.5 Å². The van der Waals surface area contributed by atoms with Crippen LogP contribution in [0.5, 0.6) is 0 Å². The van der Waals surface area contributed by atoms with E-state index in [1.807, 2.05) is 24.3 Å². The van der Waals surface area contributed by atoms with E-state index >= 15 is 0 Å². The fraction of sp³-hybridized carbons (Fsp3) is 0.233. The molecule has 2 aromatic rings. The van der Waals surface area contributed by atoms with E-state index < -0.39 is 20.0 Å². The monoisotopic (exact) mass is 840 g/mol. The molecule has 15 nitrogen and oxygen atoms in total. The minimum atomic E-state index is -3.55. The van der Waals surface area contributed by atoms with E-state index in [9.17, 15) is 43.0 Å². The number of β-amino-alcohol motifs (C(OH)–C–C–N with tert-alkyl or cyclic N) is 1. The van der Waals surface area contributed by atoms with Gasteiger partial charge in [-0.25, -0.2) is 26.9 Å². The summed E-state index contributed by atoms with van der Waals surface area (Å²) in [6.07, 6.45) is 13.4. The van der Waals surface area contributed by atoms with Gasteiger partial charge in [0.05, 0.1) is 55.0 Å². The number of nitrogens with one attached hydrogen (secondary N) is 3. The molecule has 0 radical (unpaired) electrons. The highest BCUT2D eigenvalue weighted by Crippen LogP contribution is 2.36. The molecule has 0 amide bonds. The Labute approximate surface area is 350 Å². The van der Waals surface area contributed by atoms with Crippen molar-refractivity contribution in [3.05, 3.63) is 147 Å². The molecule has 0 saturated carbocycles. The molecule has 0 aromatic heterocycles. The van der Waals surface area contributed by atoms with Crippen LogP contribution in [0.4, 0.5) is 11.4 Å². The van der Waals surface area contributed by atoms with E-state index in [1.165, 1.54) is 60.7 Å². The number of aliphatic hydroxyl groups excluding tert-OH is 1. The molecule has 0 atom stereocenters. The number of nitrogens with zero attached hydrogens (tertiary/aromatic N) is 7. The normalized spacial score (nSPS) is 16.5. The van der Waals surface area contributed by atoms with Crippen LogP contribution in [0.15, 0.2) is 124 Å². The Kier molecular flexibility index (Phi) is 15.9. The van der Waals surface area contributed by atoms with Gasteiger partial charge in [-0.1, -0.05) is 48.6 Å². The second-order valence-electron chi connectivity index (χ2n) is 13.4. The number of hydrogen-bond acceptors (Lipinski definition) is 12. The molecule has 0 bridgehead atoms. The number of hydrogen-bond donors (Lipinski definition) is 4. The maximum absolute atomic E-state index is 11.7. The van der Waals surface area contributed by atoms with E-state index in [-0.39, 0.29) is 51.5 Å². The molecule has 1 aliphatic heterocycles. The number of nitriles is 4. The molecule has 1 saturated heterocycles. The van der Waals surface area contributed by atoms with E-state index in [0.29, 0.717) is 56.7 Å². The standard InChI is InChI=1S/C43H40N10O5S2/c1-49-40(30-48)42(32-14-18-39(19-15-32)51-60(3,57)58)36(27-45)9-5-7-34-11-10-33(43(34)53-22-20-52(21-23-53)24-25-54)6-4-8-35(26-44)41(37(28-46)29-47)31-12-16-38(17-13-31)50-59(2,55)56/h4-9,12-19,46,50-51,54H,10-11,20-25H2,2-3H3/b7-5+,8-4+,33-6+,36-9+,41-35-,42-40-. The van der Waals surface area contributed by atoms with Crippen LogP contribution >= 0.6 is 0 Å². The number of anilines is 2. The summed E-state index contributed by atoms with van der Waals surface area (Å²) in [5, 5.41) is 57.3. The molecule has 1 heterocycles. The third-order valence-corrected chi connectivity index (χ3v) is 10.4. The Hall–Kier alpha value is -7.26. The summed E-state index contributed by atoms with van der Waals surface area (Å²) in [5.41, 5.74) is 4.02. The van der Waals surface area contributed by atoms with Crippen LogP contribution in [0.3, 0.4) is 0 Å². The van der Waals surface area contributed by atoms with E-state index in [4.69, 9.17) is 12.0 Å². The van der Waals surface area contributed by atoms with Gasteiger partial charge in [0.2, 0.25) is 20.0 Å². The first kappa shape index (κ1) is 45.4. The second-order valence-corrected chi connectivity index (χ2v) is 16.9. The van der Waals surface area contributed by atoms with Crippen molar-refractivity contribution < 1.29 is 21.9 Å². The number of aliphatic hydroxyl groups is 1. The number of allylic oxidation sites excluding steroid dienone is 14. The maximum Gasteiger partial charge on any atom is 0.270 e. The molecule has 304 valence electrons. The first-order valence-electron chi connectivity index (χ1n) is 18.2. The quantitative estimate of drug-likeness (QED) is 0.0765. The molecule has 1 aliphatic carbocycles. The SMILES string of the molecule is [C-]#[N+]\C(C#N)=C(/C(C#N)=C/C=C/C1=C(N2CCN(CCO)CC2)C(=C/C=C/C(C#N)=C(/C(=C=N)C#N)c2ccc(NS(C)(=O)=O)cc2)/CC1)c1ccc(NS(C)(=O)=O)cc1. The summed E-state index contributed by atoms with van der Waals surface area (Å²) in [5.74, 6) is 2.10. The number of piperazine rings is 1. The minimum Gasteiger partial charge on any atom is -0.395 e. The highest BCUT2D eigenvalue weighted by molar-refractivity contribution is 7.92. The van der Waals surface area contributed by atoms with Gasteiger partial charge in [-0.2, -0.15) is 15.8 Å². The Morgan fingerprint density at radius 3 is 1.88 bits per heavy atom. The van der Waals surface area contributed by atoms with Gasteiger partial charge < -0.3 is 10.0 Å². The van der Waals surface area contributed by atoms with Gasteiger partial charge in [0.15, 0.2) is 0 Å². The smallest absolute Gasteiger partial charge is 0.270 e. The van der Waals surface area contributed by atoms with Gasteiger partial charge in [-0.15, -0.1) is 0 Å². The lowest BCUT2D eigenvalue weighted by Gasteiger charge is -2.37. The Morgan fingerprint density at radius 1 is 0.833 bits per heavy atom. The van der Waals surface area contributed by atoms with Crippen molar-refractivity contribution in [1.82, 2.24) is 9.80 Å². The van der Waals surface area contributed by atoms with E-state index in [0.717, 1.165) is 29.4 Å². The Morgan fingerprint density at radius 2 is 1.42 bits per heavy atom. The van der Waals surface area contributed by atoms with Crippen LogP contribution in [-0.2, 0) is 20.0 Å². The molecule has 0 spiro atoms. The van der Waals surface area contributed by atoms with Gasteiger partial charge in [0.25, 0.3) is 5.70 Å². The molecular weight excluding hydrogens is 801 g/mol. The van der Waals surface area contributed by atoms with Gasteiger partial charge in [0.1, 0.15) is 11.6 Å². The first-order valence-corrected chi connectivity index (χ1v) is 22.0. The zero-order valence-electron chi connectivity index (χ0n) is 32.8. The minimum absolute atomic E-state index is 0.0401. The van der Waals surface area contributed by atoms with Crippen LogP contribution in [0, 0.1) is 57.3 Å². The number of benzene rings is 2. The zero-order chi connectivity index (χ0) is 43.9. The molecule has 1 fully saturated rings. The second kappa shape index (κ2) is 20.9. The average Bonchev–Trinajstić information content (AvgIpc) is 3.62. The summed E-state index contributed by atoms with van der Waals surface area (Å²) in [4.78, 5) is 7.75. The van der Waals surface area contributed by atoms with Gasteiger partial charge in [-0.3, -0.25) is 19.8 Å². The Bertz CT molecular complexity index is 2700. The van der Waals surface area contributed by atoms with Crippen molar-refractivity contribution in [2.24, 2.45) is 0 Å². The van der Waals surface area contributed by atoms with Crippen molar-refractivity contribution in [2.75, 3.05) is 61.3 Å². The third-order valence-electron chi connectivity index (χ3n) is 9.17. The molecule has 60 heavy (non-hydrogen) atoms. The van der Waals surface area contributed by atoms with E-state index in [2.05, 4.69) is 42.1 Å². The summed E-state index contributed by atoms with van der Waals surface area (Å²) < 4.78 is 51.5. The van der Waals surface area contributed by atoms with Gasteiger partial charge in [-0.05, 0) is 77.4 Å². The molecule has 4 N–H and O–H groups in total. The zero-order valence-corrected chi connectivity index (χ0v) is 34.4. The predicted octanol–water partition coefficient (Wildman–Crippen LogP) is 5.41. The topological polar surface area (TPSA) is 242 Å². The average molecular weight is 841 g/mol. The molecule has 4 rings (SSSR count). The predicted molar refractivity (Wildman–Crippen MR) is 230 cm³/mol. The molecular formula is C43H40N10O5S2. The maximum atomic E-state index is 11.7.